The van der Waals surface area contributed by atoms with Crippen LogP contribution < -0.4 is 5.32 Å². The van der Waals surface area contributed by atoms with Crippen molar-refractivity contribution in [3.8, 4) is 0 Å². The number of ketones is 1. The number of benzene rings is 1. The fourth-order valence-corrected chi connectivity index (χ4v) is 2.39. The largest absolute Gasteiger partial charge is 0.309 e. The molecule has 98 valence electrons. The summed E-state index contributed by atoms with van der Waals surface area (Å²) in [7, 11) is 0. The first kappa shape index (κ1) is 12.0. The molecule has 0 amide bonds. The smallest absolute Gasteiger partial charge is 0.212 e. The summed E-state index contributed by atoms with van der Waals surface area (Å²) < 4.78 is 1.67. The lowest BCUT2D eigenvalue weighted by atomic mass is 10.0. The predicted octanol–water partition coefficient (Wildman–Crippen LogP) is 1.52. The Morgan fingerprint density at radius 3 is 3.05 bits per heavy atom. The summed E-state index contributed by atoms with van der Waals surface area (Å²) in [5.41, 5.74) is 3.76. The van der Waals surface area contributed by atoms with E-state index in [0.717, 1.165) is 19.5 Å². The Kier molecular flexibility index (Phi) is 3.13. The van der Waals surface area contributed by atoms with Crippen molar-refractivity contribution in [1.29, 1.82) is 0 Å². The number of carbonyl (C=O) groups is 1. The lowest BCUT2D eigenvalue weighted by Gasteiger charge is -2.05. The molecule has 0 spiro atoms. The molecule has 19 heavy (non-hydrogen) atoms. The van der Waals surface area contributed by atoms with E-state index >= 15 is 0 Å². The van der Waals surface area contributed by atoms with Crippen LogP contribution in [0.25, 0.3) is 0 Å². The van der Waals surface area contributed by atoms with Crippen molar-refractivity contribution >= 4 is 5.78 Å². The van der Waals surface area contributed by atoms with Crippen LogP contribution in [0.15, 0.2) is 24.4 Å². The molecule has 5 heteroatoms. The molecule has 1 aromatic carbocycles. The average Bonchev–Trinajstić information content (AvgIpc) is 3.05. The van der Waals surface area contributed by atoms with E-state index in [9.17, 15) is 4.79 Å². The molecular weight excluding hydrogens is 240 g/mol. The van der Waals surface area contributed by atoms with Crippen LogP contribution in [0.4, 0.5) is 0 Å². The number of aryl methyl sites for hydroxylation is 1. The van der Waals surface area contributed by atoms with E-state index in [1.165, 1.54) is 11.1 Å². The minimum atomic E-state index is -0.00634. The second kappa shape index (κ2) is 4.93. The van der Waals surface area contributed by atoms with Gasteiger partial charge >= 0.3 is 0 Å². The van der Waals surface area contributed by atoms with Crippen molar-refractivity contribution in [2.75, 3.05) is 0 Å². The zero-order chi connectivity index (χ0) is 13.2. The van der Waals surface area contributed by atoms with Gasteiger partial charge in [-0.3, -0.25) is 4.79 Å². The van der Waals surface area contributed by atoms with Gasteiger partial charge in [0.2, 0.25) is 5.78 Å². The number of carbonyl (C=O) groups excluding carboxylic acids is 1. The van der Waals surface area contributed by atoms with E-state index in [1.54, 1.807) is 10.9 Å². The molecule has 0 saturated carbocycles. The fourth-order valence-electron chi connectivity index (χ4n) is 2.39. The van der Waals surface area contributed by atoms with Crippen LogP contribution in [0.2, 0.25) is 0 Å². The van der Waals surface area contributed by atoms with Crippen LogP contribution in [0.5, 0.6) is 0 Å². The summed E-state index contributed by atoms with van der Waals surface area (Å²) in [4.78, 5) is 12.5. The maximum absolute atomic E-state index is 12.5. The molecule has 2 aromatic rings. The molecule has 2 heterocycles. The Balaban J connectivity index is 1.93. The zero-order valence-electron chi connectivity index (χ0n) is 10.9. The number of fused-ring (bicyclic) bond motifs is 1. The molecule has 1 aliphatic rings. The van der Waals surface area contributed by atoms with E-state index in [0.29, 0.717) is 17.8 Å². The van der Waals surface area contributed by atoms with Gasteiger partial charge in [0.15, 0.2) is 0 Å². The zero-order valence-corrected chi connectivity index (χ0v) is 10.9. The minimum Gasteiger partial charge on any atom is -0.309 e. The Hall–Kier alpha value is -2.01. The number of hydrogen-bond donors (Lipinski definition) is 1. The van der Waals surface area contributed by atoms with Gasteiger partial charge in [0.1, 0.15) is 5.69 Å². The third-order valence-corrected chi connectivity index (χ3v) is 3.39. The molecule has 0 atom stereocenters. The number of aromatic nitrogens is 3. The van der Waals surface area contributed by atoms with Crippen LogP contribution in [0.1, 0.15) is 40.5 Å². The molecule has 1 aliphatic heterocycles. The number of hydrogen-bond acceptors (Lipinski definition) is 4. The molecule has 0 unspecified atom stereocenters. The molecule has 3 rings (SSSR count). The minimum absolute atomic E-state index is 0.00634. The monoisotopic (exact) mass is 256 g/mol. The molecular formula is C14H16N4O. The lowest BCUT2D eigenvalue weighted by molar-refractivity contribution is 0.102. The SMILES string of the molecule is CCCn1nncc1C(=O)c1ccc2c(c1)CNC2. The molecule has 0 radical (unpaired) electrons. The average molecular weight is 256 g/mol. The second-order valence-electron chi connectivity index (χ2n) is 4.76. The van der Waals surface area contributed by atoms with Gasteiger partial charge in [0, 0.05) is 25.2 Å². The standard InChI is InChI=1S/C14H16N4O/c1-2-5-18-13(9-16-17-18)14(19)10-3-4-11-7-15-8-12(11)6-10/h3-4,6,9,15H,2,5,7-8H2,1H3. The van der Waals surface area contributed by atoms with Crippen molar-refractivity contribution in [2.24, 2.45) is 0 Å². The highest BCUT2D eigenvalue weighted by atomic mass is 16.1. The van der Waals surface area contributed by atoms with Crippen molar-refractivity contribution in [2.45, 2.75) is 33.0 Å². The molecule has 1 aromatic heterocycles. The highest BCUT2D eigenvalue weighted by Crippen LogP contribution is 2.19. The topological polar surface area (TPSA) is 59.8 Å². The lowest BCUT2D eigenvalue weighted by Crippen LogP contribution is -2.11. The van der Waals surface area contributed by atoms with E-state index in [4.69, 9.17) is 0 Å². The van der Waals surface area contributed by atoms with E-state index in [-0.39, 0.29) is 5.78 Å². The van der Waals surface area contributed by atoms with E-state index < -0.39 is 0 Å². The number of nitrogens with one attached hydrogen (secondary N) is 1. The first-order valence-electron chi connectivity index (χ1n) is 6.55. The van der Waals surface area contributed by atoms with Gasteiger partial charge in [0.05, 0.1) is 6.20 Å². The van der Waals surface area contributed by atoms with Crippen molar-refractivity contribution in [3.05, 3.63) is 46.8 Å². The summed E-state index contributed by atoms with van der Waals surface area (Å²) >= 11 is 0. The highest BCUT2D eigenvalue weighted by molar-refractivity contribution is 6.07. The summed E-state index contributed by atoms with van der Waals surface area (Å²) in [5.74, 6) is -0.00634. The maximum Gasteiger partial charge on any atom is 0.212 e. The van der Waals surface area contributed by atoms with E-state index in [1.807, 2.05) is 18.2 Å². The van der Waals surface area contributed by atoms with Gasteiger partial charge in [0.25, 0.3) is 0 Å². The number of nitrogens with zero attached hydrogens (tertiary/aromatic N) is 3. The summed E-state index contributed by atoms with van der Waals surface area (Å²) in [6.45, 7) is 4.49. The van der Waals surface area contributed by atoms with Gasteiger partial charge in [-0.05, 0) is 23.6 Å². The molecule has 0 fully saturated rings. The van der Waals surface area contributed by atoms with Crippen LogP contribution >= 0.6 is 0 Å². The van der Waals surface area contributed by atoms with Crippen molar-refractivity contribution < 1.29 is 4.79 Å². The Bertz CT molecular complexity index is 618. The van der Waals surface area contributed by atoms with Gasteiger partial charge in [-0.2, -0.15) is 0 Å². The van der Waals surface area contributed by atoms with Crippen LogP contribution in [-0.4, -0.2) is 20.8 Å². The highest BCUT2D eigenvalue weighted by Gasteiger charge is 2.18. The third kappa shape index (κ3) is 2.17. The van der Waals surface area contributed by atoms with Gasteiger partial charge < -0.3 is 5.32 Å². The first-order chi connectivity index (χ1) is 9.29. The van der Waals surface area contributed by atoms with Gasteiger partial charge in [-0.25, -0.2) is 4.68 Å². The molecule has 0 aliphatic carbocycles. The summed E-state index contributed by atoms with van der Waals surface area (Å²) in [5, 5.41) is 11.1. The third-order valence-electron chi connectivity index (χ3n) is 3.39. The Morgan fingerprint density at radius 1 is 1.37 bits per heavy atom. The van der Waals surface area contributed by atoms with Crippen molar-refractivity contribution in [1.82, 2.24) is 20.3 Å². The molecule has 0 saturated heterocycles. The van der Waals surface area contributed by atoms with Gasteiger partial charge in [-0.15, -0.1) is 5.10 Å². The molecule has 0 bridgehead atoms. The predicted molar refractivity (Wildman–Crippen MR) is 70.7 cm³/mol. The quantitative estimate of drug-likeness (QED) is 0.843. The van der Waals surface area contributed by atoms with E-state index in [2.05, 4.69) is 22.6 Å². The summed E-state index contributed by atoms with van der Waals surface area (Å²) in [6.07, 6.45) is 2.47. The van der Waals surface area contributed by atoms with Crippen LogP contribution in [0, 0.1) is 0 Å². The Labute approximate surface area is 111 Å². The van der Waals surface area contributed by atoms with Crippen LogP contribution in [-0.2, 0) is 19.6 Å². The molecule has 5 nitrogen and oxygen atoms in total. The van der Waals surface area contributed by atoms with Crippen molar-refractivity contribution in [3.63, 3.8) is 0 Å². The number of rotatable bonds is 4. The van der Waals surface area contributed by atoms with Crippen LogP contribution in [0.3, 0.4) is 0 Å². The summed E-state index contributed by atoms with van der Waals surface area (Å²) in [6, 6.07) is 5.88. The first-order valence-corrected chi connectivity index (χ1v) is 6.55. The Morgan fingerprint density at radius 2 is 2.21 bits per heavy atom. The normalized spacial score (nSPS) is 13.5. The fraction of sp³-hybridized carbons (Fsp3) is 0.357. The van der Waals surface area contributed by atoms with Gasteiger partial charge in [-0.1, -0.05) is 24.3 Å². The molecule has 1 N–H and O–H groups in total. The second-order valence-corrected chi connectivity index (χ2v) is 4.76. The maximum atomic E-state index is 12.5.